The van der Waals surface area contributed by atoms with E-state index in [1.54, 1.807) is 30.3 Å². The fourth-order valence-corrected chi connectivity index (χ4v) is 3.82. The van der Waals surface area contributed by atoms with Gasteiger partial charge in [-0.25, -0.2) is 8.42 Å². The van der Waals surface area contributed by atoms with E-state index in [0.29, 0.717) is 17.9 Å². The first-order valence-corrected chi connectivity index (χ1v) is 10.8. The molecule has 0 fully saturated rings. The smallest absolute Gasteiger partial charge is 0.326 e. The number of methoxy groups -OCH3 is 2. The van der Waals surface area contributed by atoms with Gasteiger partial charge in [-0.15, -0.1) is 0 Å². The van der Waals surface area contributed by atoms with Gasteiger partial charge in [-0.2, -0.15) is 0 Å². The SMILES string of the molecule is CC.CCCOC(=O)CN(c1cc(OC)ccc1OC)S(=O)(=O)c1ccccc1. The number of benzene rings is 2. The summed E-state index contributed by atoms with van der Waals surface area (Å²) in [6.45, 7) is 5.59. The van der Waals surface area contributed by atoms with Gasteiger partial charge in [0.1, 0.15) is 18.0 Å². The topological polar surface area (TPSA) is 82.1 Å². The number of carbonyl (C=O) groups excluding carboxylic acids is 1. The van der Waals surface area contributed by atoms with Crippen molar-refractivity contribution in [2.75, 3.05) is 31.7 Å². The number of rotatable bonds is 9. The minimum Gasteiger partial charge on any atom is -0.497 e. The molecule has 2 aromatic carbocycles. The van der Waals surface area contributed by atoms with Crippen molar-refractivity contribution in [3.63, 3.8) is 0 Å². The number of hydrogen-bond donors (Lipinski definition) is 0. The number of ether oxygens (including phenoxy) is 3. The molecule has 0 heterocycles. The summed E-state index contributed by atoms with van der Waals surface area (Å²) in [5.74, 6) is 0.0702. The molecule has 2 aromatic rings. The van der Waals surface area contributed by atoms with Crippen molar-refractivity contribution in [2.24, 2.45) is 0 Å². The van der Waals surface area contributed by atoms with E-state index in [1.807, 2.05) is 20.8 Å². The Kier molecular flexibility index (Phi) is 10.0. The Labute approximate surface area is 173 Å². The van der Waals surface area contributed by atoms with Crippen LogP contribution in [-0.4, -0.2) is 41.8 Å². The molecule has 0 aliphatic carbocycles. The zero-order valence-electron chi connectivity index (χ0n) is 17.5. The lowest BCUT2D eigenvalue weighted by molar-refractivity contribution is -0.141. The van der Waals surface area contributed by atoms with Gasteiger partial charge in [-0.05, 0) is 30.7 Å². The summed E-state index contributed by atoms with van der Waals surface area (Å²) in [6.07, 6.45) is 0.639. The molecule has 0 aliphatic heterocycles. The minimum absolute atomic E-state index is 0.0539. The van der Waals surface area contributed by atoms with Crippen LogP contribution in [-0.2, 0) is 19.6 Å². The quantitative estimate of drug-likeness (QED) is 0.569. The molecule has 8 heteroatoms. The van der Waals surface area contributed by atoms with Crippen molar-refractivity contribution < 1.29 is 27.4 Å². The molecular formula is C21H29NO6S. The molecule has 0 bridgehead atoms. The maximum absolute atomic E-state index is 13.2. The number of nitrogens with zero attached hydrogens (tertiary/aromatic N) is 1. The van der Waals surface area contributed by atoms with Crippen molar-refractivity contribution >= 4 is 21.7 Å². The molecular weight excluding hydrogens is 394 g/mol. The van der Waals surface area contributed by atoms with Crippen LogP contribution in [0.4, 0.5) is 5.69 Å². The molecule has 160 valence electrons. The first-order chi connectivity index (χ1) is 13.9. The van der Waals surface area contributed by atoms with E-state index in [1.165, 1.54) is 32.4 Å². The highest BCUT2D eigenvalue weighted by Gasteiger charge is 2.30. The third kappa shape index (κ3) is 6.39. The summed E-state index contributed by atoms with van der Waals surface area (Å²) < 4.78 is 43.0. The van der Waals surface area contributed by atoms with Crippen LogP contribution in [0.15, 0.2) is 53.4 Å². The predicted octanol–water partition coefficient (Wildman–Crippen LogP) is 3.88. The first kappa shape index (κ1) is 24.3. The third-order valence-corrected chi connectivity index (χ3v) is 5.50. The molecule has 29 heavy (non-hydrogen) atoms. The molecule has 0 amide bonds. The van der Waals surface area contributed by atoms with Gasteiger partial charge in [0.15, 0.2) is 0 Å². The highest BCUT2D eigenvalue weighted by atomic mass is 32.2. The van der Waals surface area contributed by atoms with Gasteiger partial charge in [0.05, 0.1) is 31.4 Å². The first-order valence-electron chi connectivity index (χ1n) is 9.39. The van der Waals surface area contributed by atoms with Crippen LogP contribution < -0.4 is 13.8 Å². The van der Waals surface area contributed by atoms with Gasteiger partial charge in [0.2, 0.25) is 0 Å². The van der Waals surface area contributed by atoms with E-state index < -0.39 is 22.5 Å². The molecule has 0 spiro atoms. The maximum Gasteiger partial charge on any atom is 0.326 e. The second kappa shape index (κ2) is 12.0. The summed E-state index contributed by atoms with van der Waals surface area (Å²) >= 11 is 0. The van der Waals surface area contributed by atoms with Gasteiger partial charge < -0.3 is 14.2 Å². The Balaban J connectivity index is 0.00000204. The molecule has 0 N–H and O–H groups in total. The number of carbonyl (C=O) groups is 1. The fraction of sp³-hybridized carbons (Fsp3) is 0.381. The summed E-state index contributed by atoms with van der Waals surface area (Å²) in [7, 11) is -1.14. The molecule has 2 rings (SSSR count). The fourth-order valence-electron chi connectivity index (χ4n) is 2.39. The molecule has 0 unspecified atom stereocenters. The van der Waals surface area contributed by atoms with Crippen LogP contribution in [0.5, 0.6) is 11.5 Å². The lowest BCUT2D eigenvalue weighted by atomic mass is 10.2. The van der Waals surface area contributed by atoms with Crippen LogP contribution in [0.2, 0.25) is 0 Å². The zero-order valence-corrected chi connectivity index (χ0v) is 18.4. The van der Waals surface area contributed by atoms with Gasteiger partial charge in [-0.1, -0.05) is 39.0 Å². The van der Waals surface area contributed by atoms with Crippen molar-refractivity contribution in [3.05, 3.63) is 48.5 Å². The maximum atomic E-state index is 13.2. The average Bonchev–Trinajstić information content (AvgIpc) is 2.77. The van der Waals surface area contributed by atoms with Crippen molar-refractivity contribution in [3.8, 4) is 11.5 Å². The van der Waals surface area contributed by atoms with E-state index >= 15 is 0 Å². The van der Waals surface area contributed by atoms with Crippen LogP contribution in [0.1, 0.15) is 27.2 Å². The Hall–Kier alpha value is -2.74. The Bertz CT molecular complexity index is 868. The number of anilines is 1. The second-order valence-electron chi connectivity index (χ2n) is 5.58. The number of sulfonamides is 1. The summed E-state index contributed by atoms with van der Waals surface area (Å²) in [6, 6.07) is 12.6. The molecule has 0 saturated heterocycles. The molecule has 0 aliphatic rings. The highest BCUT2D eigenvalue weighted by Crippen LogP contribution is 2.35. The van der Waals surface area contributed by atoms with Gasteiger partial charge in [-0.3, -0.25) is 9.10 Å². The molecule has 0 saturated carbocycles. The van der Waals surface area contributed by atoms with E-state index in [0.717, 1.165) is 4.31 Å². The Morgan fingerprint density at radius 2 is 1.66 bits per heavy atom. The van der Waals surface area contributed by atoms with Crippen molar-refractivity contribution in [1.29, 1.82) is 0 Å². The molecule has 7 nitrogen and oxygen atoms in total. The molecule has 0 atom stereocenters. The van der Waals surface area contributed by atoms with E-state index in [2.05, 4.69) is 0 Å². The summed E-state index contributed by atoms with van der Waals surface area (Å²) in [4.78, 5) is 12.3. The molecule has 0 aromatic heterocycles. The molecule has 0 radical (unpaired) electrons. The average molecular weight is 424 g/mol. The van der Waals surface area contributed by atoms with Gasteiger partial charge in [0.25, 0.3) is 10.0 Å². The lowest BCUT2D eigenvalue weighted by Crippen LogP contribution is -2.37. The van der Waals surface area contributed by atoms with E-state index in [4.69, 9.17) is 14.2 Å². The third-order valence-electron chi connectivity index (χ3n) is 3.73. The highest BCUT2D eigenvalue weighted by molar-refractivity contribution is 7.92. The van der Waals surface area contributed by atoms with Crippen molar-refractivity contribution in [1.82, 2.24) is 0 Å². The zero-order chi connectivity index (χ0) is 21.9. The van der Waals surface area contributed by atoms with Crippen molar-refractivity contribution in [2.45, 2.75) is 32.1 Å². The monoisotopic (exact) mass is 423 g/mol. The van der Waals surface area contributed by atoms with Crippen LogP contribution in [0.25, 0.3) is 0 Å². The Morgan fingerprint density at radius 1 is 1.00 bits per heavy atom. The summed E-state index contributed by atoms with van der Waals surface area (Å²) in [5, 5.41) is 0. The van der Waals surface area contributed by atoms with Gasteiger partial charge in [0, 0.05) is 6.07 Å². The standard InChI is InChI=1S/C19H23NO6S.C2H6/c1-4-12-26-19(21)14-20(27(22,23)16-8-6-5-7-9-16)17-13-15(24-2)10-11-18(17)25-3;1-2/h5-11,13H,4,12,14H2,1-3H3;1-2H3. The van der Waals surface area contributed by atoms with Crippen LogP contribution >= 0.6 is 0 Å². The summed E-state index contributed by atoms with van der Waals surface area (Å²) in [5.41, 5.74) is 0.189. The van der Waals surface area contributed by atoms with E-state index in [9.17, 15) is 13.2 Å². The second-order valence-corrected chi connectivity index (χ2v) is 7.45. The normalized spacial score (nSPS) is 10.4. The van der Waals surface area contributed by atoms with Crippen LogP contribution in [0, 0.1) is 0 Å². The number of esters is 1. The lowest BCUT2D eigenvalue weighted by Gasteiger charge is -2.25. The Morgan fingerprint density at radius 3 is 2.21 bits per heavy atom. The van der Waals surface area contributed by atoms with Gasteiger partial charge >= 0.3 is 5.97 Å². The predicted molar refractivity (Wildman–Crippen MR) is 113 cm³/mol. The van der Waals surface area contributed by atoms with E-state index in [-0.39, 0.29) is 17.2 Å². The minimum atomic E-state index is -4.03. The van der Waals surface area contributed by atoms with Crippen LogP contribution in [0.3, 0.4) is 0 Å². The number of hydrogen-bond acceptors (Lipinski definition) is 6. The largest absolute Gasteiger partial charge is 0.497 e.